The van der Waals surface area contributed by atoms with E-state index < -0.39 is 0 Å². The fourth-order valence-corrected chi connectivity index (χ4v) is 1.67. The van der Waals surface area contributed by atoms with Gasteiger partial charge in [0.25, 0.3) is 0 Å². The smallest absolute Gasteiger partial charge is 0.0189 e. The van der Waals surface area contributed by atoms with Crippen LogP contribution in [0.4, 0.5) is 0 Å². The molecule has 0 saturated heterocycles. The van der Waals surface area contributed by atoms with Crippen molar-refractivity contribution < 1.29 is 0 Å². The van der Waals surface area contributed by atoms with Crippen LogP contribution in [-0.4, -0.2) is 4.75 Å². The SMILES string of the molecule is CC.CC(C)(C)SCc1ccccc1. The molecule has 0 aliphatic rings. The van der Waals surface area contributed by atoms with Crippen LogP contribution in [0.2, 0.25) is 0 Å². The first kappa shape index (κ1) is 13.6. The minimum Gasteiger partial charge on any atom is -0.151 e. The molecule has 0 radical (unpaired) electrons. The van der Waals surface area contributed by atoms with Crippen molar-refractivity contribution in [2.24, 2.45) is 0 Å². The Hall–Kier alpha value is -0.430. The predicted molar refractivity (Wildman–Crippen MR) is 68.8 cm³/mol. The molecule has 0 atom stereocenters. The number of thioether (sulfide) groups is 1. The summed E-state index contributed by atoms with van der Waals surface area (Å²) in [7, 11) is 0. The largest absolute Gasteiger partial charge is 0.151 e. The van der Waals surface area contributed by atoms with E-state index in [0.29, 0.717) is 4.75 Å². The maximum Gasteiger partial charge on any atom is 0.0189 e. The molecule has 0 aromatic heterocycles. The monoisotopic (exact) mass is 210 g/mol. The van der Waals surface area contributed by atoms with Crippen molar-refractivity contribution in [1.82, 2.24) is 0 Å². The van der Waals surface area contributed by atoms with E-state index in [9.17, 15) is 0 Å². The molecular weight excluding hydrogens is 188 g/mol. The molecule has 1 aromatic rings. The van der Waals surface area contributed by atoms with Crippen molar-refractivity contribution in [2.45, 2.75) is 45.1 Å². The van der Waals surface area contributed by atoms with Gasteiger partial charge in [0.15, 0.2) is 0 Å². The fraction of sp³-hybridized carbons (Fsp3) is 0.538. The van der Waals surface area contributed by atoms with Crippen molar-refractivity contribution in [2.75, 3.05) is 0 Å². The molecule has 0 nitrogen and oxygen atoms in total. The van der Waals surface area contributed by atoms with Crippen LogP contribution < -0.4 is 0 Å². The van der Waals surface area contributed by atoms with Gasteiger partial charge < -0.3 is 0 Å². The summed E-state index contributed by atoms with van der Waals surface area (Å²) < 4.78 is 0.371. The second kappa shape index (κ2) is 6.94. The van der Waals surface area contributed by atoms with Crippen molar-refractivity contribution in [3.05, 3.63) is 35.9 Å². The Labute approximate surface area is 93.1 Å². The molecule has 1 aromatic carbocycles. The Morgan fingerprint density at radius 1 is 1.00 bits per heavy atom. The highest BCUT2D eigenvalue weighted by Gasteiger charge is 2.09. The molecule has 14 heavy (non-hydrogen) atoms. The Bertz CT molecular complexity index is 221. The first-order valence-electron chi connectivity index (χ1n) is 5.26. The first-order chi connectivity index (χ1) is 6.58. The summed E-state index contributed by atoms with van der Waals surface area (Å²) in [6.45, 7) is 10.8. The van der Waals surface area contributed by atoms with E-state index in [1.807, 2.05) is 25.6 Å². The Balaban J connectivity index is 0.000000791. The molecular formula is C13H22S. The molecule has 0 bridgehead atoms. The average Bonchev–Trinajstić information content (AvgIpc) is 2.19. The Kier molecular flexibility index (Phi) is 6.73. The van der Waals surface area contributed by atoms with E-state index in [-0.39, 0.29) is 0 Å². The van der Waals surface area contributed by atoms with Gasteiger partial charge >= 0.3 is 0 Å². The van der Waals surface area contributed by atoms with Gasteiger partial charge in [-0.2, -0.15) is 11.8 Å². The standard InChI is InChI=1S/C11H16S.C2H6/c1-11(2,3)12-9-10-7-5-4-6-8-10;1-2/h4-8H,9H2,1-3H3;1-2H3. The highest BCUT2D eigenvalue weighted by Crippen LogP contribution is 2.26. The summed E-state index contributed by atoms with van der Waals surface area (Å²) in [5.74, 6) is 1.12. The van der Waals surface area contributed by atoms with Gasteiger partial charge in [0.05, 0.1) is 0 Å². The molecule has 0 N–H and O–H groups in total. The van der Waals surface area contributed by atoms with Gasteiger partial charge in [-0.05, 0) is 5.56 Å². The molecule has 0 saturated carbocycles. The van der Waals surface area contributed by atoms with Gasteiger partial charge in [0, 0.05) is 10.5 Å². The predicted octanol–water partition coefficient (Wildman–Crippen LogP) is 4.74. The van der Waals surface area contributed by atoms with Gasteiger partial charge in [0.1, 0.15) is 0 Å². The lowest BCUT2D eigenvalue weighted by molar-refractivity contribution is 0.802. The zero-order valence-electron chi connectivity index (χ0n) is 10.0. The lowest BCUT2D eigenvalue weighted by Crippen LogP contribution is -2.07. The zero-order valence-corrected chi connectivity index (χ0v) is 10.8. The molecule has 0 aliphatic heterocycles. The van der Waals surface area contributed by atoms with Crippen LogP contribution in [0.3, 0.4) is 0 Å². The first-order valence-corrected chi connectivity index (χ1v) is 6.24. The van der Waals surface area contributed by atoms with Gasteiger partial charge in [-0.3, -0.25) is 0 Å². The number of hydrogen-bond donors (Lipinski definition) is 0. The van der Waals surface area contributed by atoms with Crippen LogP contribution >= 0.6 is 11.8 Å². The van der Waals surface area contributed by atoms with E-state index >= 15 is 0 Å². The lowest BCUT2D eigenvalue weighted by Gasteiger charge is -2.17. The Morgan fingerprint density at radius 3 is 1.93 bits per heavy atom. The minimum absolute atomic E-state index is 0.371. The van der Waals surface area contributed by atoms with E-state index in [0.717, 1.165) is 5.75 Å². The third-order valence-corrected chi connectivity index (χ3v) is 2.86. The maximum absolute atomic E-state index is 2.25. The van der Waals surface area contributed by atoms with Gasteiger partial charge in [-0.25, -0.2) is 0 Å². The normalized spacial score (nSPS) is 10.4. The van der Waals surface area contributed by atoms with Crippen molar-refractivity contribution in [1.29, 1.82) is 0 Å². The summed E-state index contributed by atoms with van der Waals surface area (Å²) in [6.07, 6.45) is 0. The van der Waals surface area contributed by atoms with E-state index in [2.05, 4.69) is 51.1 Å². The average molecular weight is 210 g/mol. The maximum atomic E-state index is 2.25. The molecule has 80 valence electrons. The van der Waals surface area contributed by atoms with Gasteiger partial charge in [-0.15, -0.1) is 0 Å². The summed E-state index contributed by atoms with van der Waals surface area (Å²) in [6, 6.07) is 10.6. The zero-order chi connectivity index (χ0) is 11.0. The summed E-state index contributed by atoms with van der Waals surface area (Å²) in [5.41, 5.74) is 1.41. The van der Waals surface area contributed by atoms with Crippen LogP contribution in [0.15, 0.2) is 30.3 Å². The highest BCUT2D eigenvalue weighted by atomic mass is 32.2. The third kappa shape index (κ3) is 7.02. The topological polar surface area (TPSA) is 0 Å². The summed E-state index contributed by atoms with van der Waals surface area (Å²) >= 11 is 1.99. The van der Waals surface area contributed by atoms with Gasteiger partial charge in [0.2, 0.25) is 0 Å². The van der Waals surface area contributed by atoms with Crippen LogP contribution in [0.25, 0.3) is 0 Å². The van der Waals surface area contributed by atoms with E-state index in [1.165, 1.54) is 5.56 Å². The lowest BCUT2D eigenvalue weighted by atomic mass is 10.2. The second-order valence-electron chi connectivity index (χ2n) is 3.89. The summed E-state index contributed by atoms with van der Waals surface area (Å²) in [5, 5.41) is 0. The molecule has 0 amide bonds. The van der Waals surface area contributed by atoms with Crippen LogP contribution in [-0.2, 0) is 5.75 Å². The number of hydrogen-bond acceptors (Lipinski definition) is 1. The molecule has 0 fully saturated rings. The quantitative estimate of drug-likeness (QED) is 0.679. The molecule has 0 unspecified atom stereocenters. The molecule has 0 aliphatic carbocycles. The second-order valence-corrected chi connectivity index (χ2v) is 5.69. The van der Waals surface area contributed by atoms with Crippen LogP contribution in [0.5, 0.6) is 0 Å². The summed E-state index contributed by atoms with van der Waals surface area (Å²) in [4.78, 5) is 0. The minimum atomic E-state index is 0.371. The van der Waals surface area contributed by atoms with Crippen LogP contribution in [0.1, 0.15) is 40.2 Å². The molecule has 0 heterocycles. The van der Waals surface area contributed by atoms with E-state index in [4.69, 9.17) is 0 Å². The number of rotatable bonds is 2. The Morgan fingerprint density at radius 2 is 1.50 bits per heavy atom. The number of benzene rings is 1. The fourth-order valence-electron chi connectivity index (χ4n) is 0.874. The third-order valence-electron chi connectivity index (χ3n) is 1.51. The molecule has 1 rings (SSSR count). The van der Waals surface area contributed by atoms with Crippen molar-refractivity contribution in [3.8, 4) is 0 Å². The highest BCUT2D eigenvalue weighted by molar-refractivity contribution is 7.99. The van der Waals surface area contributed by atoms with Crippen molar-refractivity contribution in [3.63, 3.8) is 0 Å². The molecule has 1 heteroatoms. The molecule has 0 spiro atoms. The van der Waals surface area contributed by atoms with E-state index in [1.54, 1.807) is 0 Å². The van der Waals surface area contributed by atoms with Crippen molar-refractivity contribution >= 4 is 11.8 Å². The van der Waals surface area contributed by atoms with Gasteiger partial charge in [-0.1, -0.05) is 65.0 Å². The van der Waals surface area contributed by atoms with Crippen LogP contribution in [0, 0.1) is 0 Å².